The van der Waals surface area contributed by atoms with Crippen molar-refractivity contribution in [3.05, 3.63) is 29.3 Å². The first-order chi connectivity index (χ1) is 9.74. The molecule has 0 aliphatic heterocycles. The number of benzene rings is 1. The van der Waals surface area contributed by atoms with Crippen LogP contribution in [0.3, 0.4) is 0 Å². The van der Waals surface area contributed by atoms with E-state index in [9.17, 15) is 0 Å². The lowest BCUT2D eigenvalue weighted by atomic mass is 10.1. The second kappa shape index (κ2) is 10.7. The fourth-order valence-corrected chi connectivity index (χ4v) is 1.79. The molecule has 0 saturated carbocycles. The SMILES string of the molecule is COCCCNCCOCCOc1cc(C)ccc1C. The van der Waals surface area contributed by atoms with E-state index in [0.29, 0.717) is 19.8 Å². The van der Waals surface area contributed by atoms with Gasteiger partial charge in [0.15, 0.2) is 0 Å². The monoisotopic (exact) mass is 281 g/mol. The van der Waals surface area contributed by atoms with Gasteiger partial charge in [0.05, 0.1) is 13.2 Å². The minimum absolute atomic E-state index is 0.591. The zero-order valence-electron chi connectivity index (χ0n) is 12.9. The van der Waals surface area contributed by atoms with Crippen molar-refractivity contribution in [2.75, 3.05) is 46.6 Å². The van der Waals surface area contributed by atoms with Crippen LogP contribution >= 0.6 is 0 Å². The lowest BCUT2D eigenvalue weighted by Crippen LogP contribution is -2.22. The highest BCUT2D eigenvalue weighted by Crippen LogP contribution is 2.18. The first-order valence-corrected chi connectivity index (χ1v) is 7.21. The topological polar surface area (TPSA) is 39.7 Å². The van der Waals surface area contributed by atoms with Gasteiger partial charge in [-0.25, -0.2) is 0 Å². The van der Waals surface area contributed by atoms with E-state index in [1.807, 2.05) is 0 Å². The highest BCUT2D eigenvalue weighted by Gasteiger charge is 1.99. The molecule has 20 heavy (non-hydrogen) atoms. The van der Waals surface area contributed by atoms with Gasteiger partial charge in [0.2, 0.25) is 0 Å². The number of aryl methyl sites for hydroxylation is 2. The van der Waals surface area contributed by atoms with Gasteiger partial charge < -0.3 is 19.5 Å². The fourth-order valence-electron chi connectivity index (χ4n) is 1.79. The second-order valence-corrected chi connectivity index (χ2v) is 4.83. The Morgan fingerprint density at radius 1 is 1.00 bits per heavy atom. The van der Waals surface area contributed by atoms with Gasteiger partial charge in [-0.2, -0.15) is 0 Å². The molecule has 0 fully saturated rings. The van der Waals surface area contributed by atoms with Crippen molar-refractivity contribution >= 4 is 0 Å². The average Bonchev–Trinajstić information content (AvgIpc) is 2.44. The van der Waals surface area contributed by atoms with Gasteiger partial charge in [-0.3, -0.25) is 0 Å². The molecular weight excluding hydrogens is 254 g/mol. The Bertz CT molecular complexity index is 369. The van der Waals surface area contributed by atoms with Crippen LogP contribution in [0.25, 0.3) is 0 Å². The molecule has 0 unspecified atom stereocenters. The third kappa shape index (κ3) is 7.48. The van der Waals surface area contributed by atoms with Gasteiger partial charge in [-0.1, -0.05) is 12.1 Å². The molecule has 0 aliphatic carbocycles. The van der Waals surface area contributed by atoms with E-state index in [2.05, 4.69) is 37.4 Å². The van der Waals surface area contributed by atoms with Crippen molar-refractivity contribution in [1.29, 1.82) is 0 Å². The molecule has 0 aromatic heterocycles. The lowest BCUT2D eigenvalue weighted by molar-refractivity contribution is 0.101. The van der Waals surface area contributed by atoms with Crippen LogP contribution in [0.1, 0.15) is 17.5 Å². The first-order valence-electron chi connectivity index (χ1n) is 7.21. The Morgan fingerprint density at radius 2 is 1.85 bits per heavy atom. The summed E-state index contributed by atoms with van der Waals surface area (Å²) in [5.41, 5.74) is 2.38. The highest BCUT2D eigenvalue weighted by atomic mass is 16.5. The van der Waals surface area contributed by atoms with E-state index in [0.717, 1.165) is 37.4 Å². The molecule has 0 atom stereocenters. The molecule has 0 aliphatic rings. The molecule has 1 rings (SSSR count). The molecule has 4 heteroatoms. The van der Waals surface area contributed by atoms with Crippen LogP contribution in [0.4, 0.5) is 0 Å². The molecule has 0 radical (unpaired) electrons. The number of nitrogens with one attached hydrogen (secondary N) is 1. The predicted octanol–water partition coefficient (Wildman–Crippen LogP) is 2.32. The van der Waals surface area contributed by atoms with Gasteiger partial charge in [0.25, 0.3) is 0 Å². The minimum Gasteiger partial charge on any atom is -0.491 e. The van der Waals surface area contributed by atoms with Crippen LogP contribution in [0.5, 0.6) is 5.75 Å². The maximum atomic E-state index is 5.72. The quantitative estimate of drug-likeness (QED) is 0.632. The van der Waals surface area contributed by atoms with Crippen LogP contribution in [-0.2, 0) is 9.47 Å². The predicted molar refractivity (Wildman–Crippen MR) is 81.6 cm³/mol. The number of methoxy groups -OCH3 is 1. The van der Waals surface area contributed by atoms with Gasteiger partial charge >= 0.3 is 0 Å². The number of rotatable bonds is 11. The molecule has 0 amide bonds. The van der Waals surface area contributed by atoms with Crippen molar-refractivity contribution in [2.45, 2.75) is 20.3 Å². The summed E-state index contributed by atoms with van der Waals surface area (Å²) in [6.45, 7) is 8.68. The fraction of sp³-hybridized carbons (Fsp3) is 0.625. The third-order valence-electron chi connectivity index (χ3n) is 2.95. The van der Waals surface area contributed by atoms with Crippen molar-refractivity contribution in [1.82, 2.24) is 5.32 Å². The largest absolute Gasteiger partial charge is 0.491 e. The molecule has 0 heterocycles. The normalized spacial score (nSPS) is 10.8. The van der Waals surface area contributed by atoms with Crippen LogP contribution < -0.4 is 10.1 Å². The summed E-state index contributed by atoms with van der Waals surface area (Å²) in [4.78, 5) is 0. The number of hydrogen-bond acceptors (Lipinski definition) is 4. The van der Waals surface area contributed by atoms with Crippen molar-refractivity contribution in [2.24, 2.45) is 0 Å². The van der Waals surface area contributed by atoms with Crippen molar-refractivity contribution in [3.63, 3.8) is 0 Å². The molecule has 1 N–H and O–H groups in total. The van der Waals surface area contributed by atoms with E-state index in [1.54, 1.807) is 7.11 Å². The maximum absolute atomic E-state index is 5.72. The summed E-state index contributed by atoms with van der Waals surface area (Å²) in [6.07, 6.45) is 1.03. The Kier molecular flexibility index (Phi) is 9.04. The van der Waals surface area contributed by atoms with Gasteiger partial charge in [-0.05, 0) is 44.0 Å². The van der Waals surface area contributed by atoms with E-state index in [1.165, 1.54) is 5.56 Å². The third-order valence-corrected chi connectivity index (χ3v) is 2.95. The molecule has 0 spiro atoms. The number of hydrogen-bond donors (Lipinski definition) is 1. The minimum atomic E-state index is 0.591. The van der Waals surface area contributed by atoms with Crippen molar-refractivity contribution < 1.29 is 14.2 Å². The standard InChI is InChI=1S/C16H27NO3/c1-14-5-6-15(2)16(13-14)20-12-11-19-10-8-17-7-4-9-18-3/h5-6,13,17H,4,7-12H2,1-3H3. The maximum Gasteiger partial charge on any atom is 0.122 e. The van der Waals surface area contributed by atoms with Crippen LogP contribution in [-0.4, -0.2) is 46.6 Å². The Morgan fingerprint density at radius 3 is 2.65 bits per heavy atom. The lowest BCUT2D eigenvalue weighted by Gasteiger charge is -2.10. The molecule has 4 nitrogen and oxygen atoms in total. The van der Waals surface area contributed by atoms with Gasteiger partial charge in [0, 0.05) is 20.3 Å². The van der Waals surface area contributed by atoms with E-state index < -0.39 is 0 Å². The number of ether oxygens (including phenoxy) is 3. The molecule has 1 aromatic carbocycles. The summed E-state index contributed by atoms with van der Waals surface area (Å²) in [5.74, 6) is 0.950. The van der Waals surface area contributed by atoms with Crippen LogP contribution in [0.2, 0.25) is 0 Å². The molecule has 114 valence electrons. The molecule has 1 aromatic rings. The van der Waals surface area contributed by atoms with Gasteiger partial charge in [0.1, 0.15) is 12.4 Å². The van der Waals surface area contributed by atoms with E-state index >= 15 is 0 Å². The summed E-state index contributed by atoms with van der Waals surface area (Å²) in [6, 6.07) is 6.23. The molecular formula is C16H27NO3. The Labute approximate surface area is 122 Å². The average molecular weight is 281 g/mol. The van der Waals surface area contributed by atoms with Crippen LogP contribution in [0, 0.1) is 13.8 Å². The summed E-state index contributed by atoms with van der Waals surface area (Å²) in [5, 5.41) is 3.30. The highest BCUT2D eigenvalue weighted by molar-refractivity contribution is 5.35. The van der Waals surface area contributed by atoms with E-state index in [4.69, 9.17) is 14.2 Å². The van der Waals surface area contributed by atoms with Crippen molar-refractivity contribution in [3.8, 4) is 5.75 Å². The zero-order chi connectivity index (χ0) is 14.6. The van der Waals surface area contributed by atoms with Gasteiger partial charge in [-0.15, -0.1) is 0 Å². The first kappa shape index (κ1) is 17.0. The van der Waals surface area contributed by atoms with E-state index in [-0.39, 0.29) is 0 Å². The molecule has 0 saturated heterocycles. The second-order valence-electron chi connectivity index (χ2n) is 4.83. The summed E-state index contributed by atoms with van der Waals surface area (Å²) < 4.78 is 16.2. The summed E-state index contributed by atoms with van der Waals surface area (Å²) >= 11 is 0. The van der Waals surface area contributed by atoms with Crippen LogP contribution in [0.15, 0.2) is 18.2 Å². The zero-order valence-corrected chi connectivity index (χ0v) is 12.9. The Hall–Kier alpha value is -1.10. The summed E-state index contributed by atoms with van der Waals surface area (Å²) in [7, 11) is 1.72. The smallest absolute Gasteiger partial charge is 0.122 e. The Balaban J connectivity index is 1.98. The molecule has 0 bridgehead atoms.